The number of halogens is 1. The molecule has 0 unspecified atom stereocenters. The molecule has 0 fully saturated rings. The summed E-state index contributed by atoms with van der Waals surface area (Å²) in [7, 11) is 1.91. The smallest absolute Gasteiger partial charge is 0.178 e. The van der Waals surface area contributed by atoms with E-state index in [1.165, 1.54) is 0 Å². The summed E-state index contributed by atoms with van der Waals surface area (Å²) in [5.74, 6) is 0.858. The van der Waals surface area contributed by atoms with Gasteiger partial charge in [0.1, 0.15) is 12.4 Å². The van der Waals surface area contributed by atoms with E-state index in [1.807, 2.05) is 44.0 Å². The molecule has 0 radical (unpaired) electrons. The van der Waals surface area contributed by atoms with Gasteiger partial charge >= 0.3 is 0 Å². The summed E-state index contributed by atoms with van der Waals surface area (Å²) in [6.45, 7) is 5.42. The van der Waals surface area contributed by atoms with Crippen molar-refractivity contribution < 1.29 is 9.53 Å². The first-order valence-corrected chi connectivity index (χ1v) is 7.60. The lowest BCUT2D eigenvalue weighted by atomic mass is 10.1. The molecule has 0 atom stereocenters. The molecule has 1 aromatic carbocycles. The molecule has 0 saturated carbocycles. The summed E-state index contributed by atoms with van der Waals surface area (Å²) in [6.07, 6.45) is 0. The molecular formula is C17H21ClN2O2. The summed E-state index contributed by atoms with van der Waals surface area (Å²) < 4.78 is 5.63. The number of ketones is 1. The van der Waals surface area contributed by atoms with E-state index in [-0.39, 0.29) is 5.78 Å². The lowest BCUT2D eigenvalue weighted by Gasteiger charge is -2.16. The molecule has 5 heteroatoms. The van der Waals surface area contributed by atoms with Gasteiger partial charge in [0.15, 0.2) is 5.78 Å². The van der Waals surface area contributed by atoms with Crippen molar-refractivity contribution in [3.63, 3.8) is 0 Å². The Labute approximate surface area is 136 Å². The van der Waals surface area contributed by atoms with Crippen LogP contribution in [0.4, 0.5) is 0 Å². The summed E-state index contributed by atoms with van der Waals surface area (Å²) in [5.41, 5.74) is 2.69. The predicted octanol–water partition coefficient (Wildman–Crippen LogP) is 3.48. The Morgan fingerprint density at radius 2 is 2.09 bits per heavy atom. The highest BCUT2D eigenvalue weighted by molar-refractivity contribution is 6.30. The topological polar surface area (TPSA) is 45.3 Å². The number of aromatic nitrogens is 1. The van der Waals surface area contributed by atoms with Crippen LogP contribution in [0.1, 0.15) is 21.7 Å². The van der Waals surface area contributed by atoms with Gasteiger partial charge in [-0.05, 0) is 45.2 Å². The van der Waals surface area contributed by atoms with Crippen molar-refractivity contribution in [1.82, 2.24) is 9.88 Å². The van der Waals surface area contributed by atoms with Crippen LogP contribution >= 0.6 is 11.6 Å². The van der Waals surface area contributed by atoms with Crippen LogP contribution < -0.4 is 4.74 Å². The lowest BCUT2D eigenvalue weighted by molar-refractivity contribution is 0.0938. The summed E-state index contributed by atoms with van der Waals surface area (Å²) in [5, 5.41) is 0.652. The minimum absolute atomic E-state index is 0.118. The van der Waals surface area contributed by atoms with Crippen LogP contribution in [0.2, 0.25) is 5.02 Å². The number of likely N-dealkylation sites (N-methyl/N-ethyl adjacent to an activating group) is 1. The molecule has 2 aromatic rings. The Hall–Kier alpha value is -1.78. The van der Waals surface area contributed by atoms with Crippen LogP contribution in [0.5, 0.6) is 5.75 Å². The van der Waals surface area contributed by atoms with E-state index < -0.39 is 0 Å². The molecule has 0 bridgehead atoms. The second-order valence-electron chi connectivity index (χ2n) is 5.46. The van der Waals surface area contributed by atoms with E-state index in [0.717, 1.165) is 22.7 Å². The molecule has 0 amide bonds. The van der Waals surface area contributed by atoms with Gasteiger partial charge in [0.05, 0.1) is 6.54 Å². The lowest BCUT2D eigenvalue weighted by Crippen LogP contribution is -2.30. The number of carbonyl (C=O) groups excluding carboxylic acids is 1. The van der Waals surface area contributed by atoms with Crippen LogP contribution in [-0.2, 0) is 0 Å². The van der Waals surface area contributed by atoms with Crippen LogP contribution in [0.3, 0.4) is 0 Å². The fraction of sp³-hybridized carbons (Fsp3) is 0.353. The molecule has 0 aliphatic heterocycles. The quantitative estimate of drug-likeness (QED) is 0.794. The van der Waals surface area contributed by atoms with E-state index in [2.05, 4.69) is 4.98 Å². The predicted molar refractivity (Wildman–Crippen MR) is 89.0 cm³/mol. The number of H-pyrrole nitrogens is 1. The number of Topliss-reactive ketones (excluding diaryl/α,β-unsaturated/α-hetero) is 1. The third-order valence-corrected chi connectivity index (χ3v) is 3.64. The average molecular weight is 321 g/mol. The first-order chi connectivity index (χ1) is 10.5. The molecule has 0 aliphatic rings. The number of carbonyl (C=O) groups is 1. The van der Waals surface area contributed by atoms with Gasteiger partial charge in [-0.2, -0.15) is 0 Å². The largest absolute Gasteiger partial charge is 0.492 e. The third kappa shape index (κ3) is 4.61. The van der Waals surface area contributed by atoms with Crippen molar-refractivity contribution in [3.05, 3.63) is 52.3 Å². The summed E-state index contributed by atoms with van der Waals surface area (Å²) in [4.78, 5) is 17.4. The van der Waals surface area contributed by atoms with Crippen LogP contribution in [0, 0.1) is 13.8 Å². The van der Waals surface area contributed by atoms with Crippen LogP contribution in [-0.4, -0.2) is 42.4 Å². The highest BCUT2D eigenvalue weighted by Crippen LogP contribution is 2.17. The van der Waals surface area contributed by atoms with E-state index >= 15 is 0 Å². The maximum atomic E-state index is 12.2. The molecule has 0 spiro atoms. The monoisotopic (exact) mass is 320 g/mol. The number of aromatic amines is 1. The van der Waals surface area contributed by atoms with Crippen molar-refractivity contribution in [2.75, 3.05) is 26.7 Å². The highest BCUT2D eigenvalue weighted by Gasteiger charge is 2.13. The highest BCUT2D eigenvalue weighted by atomic mass is 35.5. The first-order valence-electron chi connectivity index (χ1n) is 7.22. The maximum Gasteiger partial charge on any atom is 0.178 e. The third-order valence-electron chi connectivity index (χ3n) is 3.40. The summed E-state index contributed by atoms with van der Waals surface area (Å²) in [6, 6.07) is 9.19. The Morgan fingerprint density at radius 3 is 2.73 bits per heavy atom. The number of aryl methyl sites for hydroxylation is 2. The zero-order valence-corrected chi connectivity index (χ0v) is 13.9. The second kappa shape index (κ2) is 7.47. The van der Waals surface area contributed by atoms with Gasteiger partial charge in [-0.1, -0.05) is 17.7 Å². The molecule has 0 aliphatic carbocycles. The van der Waals surface area contributed by atoms with Crippen LogP contribution in [0.25, 0.3) is 0 Å². The van der Waals surface area contributed by atoms with Crippen molar-refractivity contribution in [2.45, 2.75) is 13.8 Å². The van der Waals surface area contributed by atoms with Gasteiger partial charge in [-0.3, -0.25) is 9.69 Å². The number of benzene rings is 1. The molecule has 0 saturated heterocycles. The number of nitrogens with zero attached hydrogens (tertiary/aromatic N) is 1. The van der Waals surface area contributed by atoms with Crippen LogP contribution in [0.15, 0.2) is 30.3 Å². The van der Waals surface area contributed by atoms with Crippen molar-refractivity contribution in [3.8, 4) is 5.75 Å². The number of nitrogens with one attached hydrogen (secondary N) is 1. The Morgan fingerprint density at radius 1 is 1.32 bits per heavy atom. The van der Waals surface area contributed by atoms with Crippen molar-refractivity contribution in [1.29, 1.82) is 0 Å². The van der Waals surface area contributed by atoms with Gasteiger partial charge in [0.2, 0.25) is 0 Å². The van der Waals surface area contributed by atoms with E-state index in [0.29, 0.717) is 24.7 Å². The molecule has 1 aromatic heterocycles. The molecule has 1 heterocycles. The number of hydrogen-bond acceptors (Lipinski definition) is 3. The molecular weight excluding hydrogens is 300 g/mol. The molecule has 2 rings (SSSR count). The Bertz CT molecular complexity index is 652. The fourth-order valence-electron chi connectivity index (χ4n) is 2.30. The van der Waals surface area contributed by atoms with Gasteiger partial charge < -0.3 is 9.72 Å². The van der Waals surface area contributed by atoms with Gasteiger partial charge in [-0.15, -0.1) is 0 Å². The zero-order valence-electron chi connectivity index (χ0n) is 13.1. The van der Waals surface area contributed by atoms with Gasteiger partial charge in [0.25, 0.3) is 0 Å². The first kappa shape index (κ1) is 16.6. The standard InChI is InChI=1S/C17H21ClN2O2/c1-12-9-16(13(2)19-12)17(21)11-20(3)7-8-22-15-6-4-5-14(18)10-15/h4-6,9-10,19H,7-8,11H2,1-3H3. The molecule has 1 N–H and O–H groups in total. The van der Waals surface area contributed by atoms with E-state index in [9.17, 15) is 4.79 Å². The minimum Gasteiger partial charge on any atom is -0.492 e. The number of rotatable bonds is 7. The zero-order chi connectivity index (χ0) is 16.1. The Kier molecular flexibility index (Phi) is 5.63. The SMILES string of the molecule is Cc1cc(C(=O)CN(C)CCOc2cccc(Cl)c2)c(C)[nH]1. The fourth-order valence-corrected chi connectivity index (χ4v) is 2.48. The van der Waals surface area contributed by atoms with Crippen molar-refractivity contribution in [2.24, 2.45) is 0 Å². The van der Waals surface area contributed by atoms with Gasteiger partial charge in [-0.25, -0.2) is 0 Å². The maximum absolute atomic E-state index is 12.2. The summed E-state index contributed by atoms with van der Waals surface area (Å²) >= 11 is 5.90. The van der Waals surface area contributed by atoms with Gasteiger partial charge in [0, 0.05) is 28.5 Å². The number of ether oxygens (including phenoxy) is 1. The van der Waals surface area contributed by atoms with E-state index in [1.54, 1.807) is 12.1 Å². The Balaban J connectivity index is 1.79. The molecule has 4 nitrogen and oxygen atoms in total. The number of hydrogen-bond donors (Lipinski definition) is 1. The molecule has 118 valence electrons. The van der Waals surface area contributed by atoms with E-state index in [4.69, 9.17) is 16.3 Å². The average Bonchev–Trinajstić information content (AvgIpc) is 2.78. The molecule has 22 heavy (non-hydrogen) atoms. The normalized spacial score (nSPS) is 11.0. The van der Waals surface area contributed by atoms with Crippen molar-refractivity contribution >= 4 is 17.4 Å². The minimum atomic E-state index is 0.118. The second-order valence-corrected chi connectivity index (χ2v) is 5.89.